The number of rotatable bonds is 7. The van der Waals surface area contributed by atoms with Crippen molar-refractivity contribution in [1.29, 1.82) is 0 Å². The van der Waals surface area contributed by atoms with Crippen LogP contribution >= 0.6 is 28.1 Å². The number of ether oxygens (including phenoxy) is 2. The van der Waals surface area contributed by atoms with Gasteiger partial charge in [0.25, 0.3) is 5.91 Å². The normalized spacial score (nSPS) is 10.1. The summed E-state index contributed by atoms with van der Waals surface area (Å²) in [4.78, 5) is 12.3. The molecule has 0 aliphatic carbocycles. The molecule has 5 nitrogen and oxygen atoms in total. The monoisotopic (exact) mass is 470 g/mol. The van der Waals surface area contributed by atoms with Gasteiger partial charge in [-0.3, -0.25) is 10.1 Å². The number of benzene rings is 3. The minimum absolute atomic E-state index is 0.204. The fourth-order valence-corrected chi connectivity index (χ4v) is 3.15. The Bertz CT molecular complexity index is 983. The van der Waals surface area contributed by atoms with Gasteiger partial charge >= 0.3 is 0 Å². The quantitative estimate of drug-likeness (QED) is 0.374. The van der Waals surface area contributed by atoms with E-state index in [1.165, 1.54) is 0 Å². The Labute approximate surface area is 183 Å². The van der Waals surface area contributed by atoms with Crippen LogP contribution in [0.5, 0.6) is 11.5 Å². The smallest absolute Gasteiger partial charge is 0.258 e. The second kappa shape index (κ2) is 10.6. The van der Waals surface area contributed by atoms with Gasteiger partial charge in [0.1, 0.15) is 24.7 Å². The van der Waals surface area contributed by atoms with Gasteiger partial charge in [-0.25, -0.2) is 0 Å². The van der Waals surface area contributed by atoms with E-state index in [0.29, 0.717) is 34.7 Å². The fourth-order valence-electron chi connectivity index (χ4n) is 2.48. The summed E-state index contributed by atoms with van der Waals surface area (Å²) in [6.45, 7) is 0.837. The molecule has 3 aromatic carbocycles. The van der Waals surface area contributed by atoms with E-state index in [1.807, 2.05) is 54.6 Å². The molecule has 3 aromatic rings. The number of amides is 1. The zero-order valence-electron chi connectivity index (χ0n) is 15.4. The van der Waals surface area contributed by atoms with Crippen LogP contribution in [0.1, 0.15) is 10.4 Å². The maximum atomic E-state index is 12.3. The summed E-state index contributed by atoms with van der Waals surface area (Å²) in [7, 11) is 0. The summed E-state index contributed by atoms with van der Waals surface area (Å²) in [5.74, 6) is 1.18. The Kier molecular flexibility index (Phi) is 7.61. The Balaban J connectivity index is 1.48. The van der Waals surface area contributed by atoms with Crippen LogP contribution in [-0.2, 0) is 0 Å². The molecule has 2 N–H and O–H groups in total. The summed E-state index contributed by atoms with van der Waals surface area (Å²) in [6.07, 6.45) is 0. The molecule has 0 aliphatic rings. The lowest BCUT2D eigenvalue weighted by Crippen LogP contribution is -2.34. The van der Waals surface area contributed by atoms with Crippen LogP contribution in [0, 0.1) is 0 Å². The SMILES string of the molecule is O=C(NC(=S)Nc1cccc(OCCOc2ccccc2)c1)c1ccccc1Br. The van der Waals surface area contributed by atoms with Crippen LogP contribution in [0.15, 0.2) is 83.3 Å². The van der Waals surface area contributed by atoms with Crippen molar-refractivity contribution >= 4 is 44.9 Å². The first-order chi connectivity index (χ1) is 14.1. The highest BCUT2D eigenvalue weighted by molar-refractivity contribution is 9.10. The van der Waals surface area contributed by atoms with Gasteiger partial charge in [0.15, 0.2) is 5.11 Å². The third kappa shape index (κ3) is 6.58. The molecule has 3 rings (SSSR count). The third-order valence-corrected chi connectivity index (χ3v) is 4.70. The molecule has 0 spiro atoms. The molecule has 0 aromatic heterocycles. The molecule has 0 unspecified atom stereocenters. The molecule has 0 fully saturated rings. The number of halogens is 1. The van der Waals surface area contributed by atoms with E-state index in [0.717, 1.165) is 5.75 Å². The summed E-state index contributed by atoms with van der Waals surface area (Å²) >= 11 is 8.60. The van der Waals surface area contributed by atoms with E-state index in [-0.39, 0.29) is 11.0 Å². The third-order valence-electron chi connectivity index (χ3n) is 3.80. The summed E-state index contributed by atoms with van der Waals surface area (Å²) < 4.78 is 12.0. The van der Waals surface area contributed by atoms with Crippen molar-refractivity contribution in [3.05, 3.63) is 88.9 Å². The van der Waals surface area contributed by atoms with Crippen LogP contribution in [0.2, 0.25) is 0 Å². The first kappa shape index (κ1) is 20.8. The standard InChI is InChI=1S/C22H19BrN2O3S/c23-20-12-5-4-11-19(20)21(26)25-22(29)24-16-7-6-10-18(15-16)28-14-13-27-17-8-2-1-3-9-17/h1-12,15H,13-14H2,(H2,24,25,26,29). The maximum Gasteiger partial charge on any atom is 0.258 e. The highest BCUT2D eigenvalue weighted by atomic mass is 79.9. The van der Waals surface area contributed by atoms with Gasteiger partial charge in [-0.1, -0.05) is 36.4 Å². The molecule has 7 heteroatoms. The van der Waals surface area contributed by atoms with Gasteiger partial charge in [-0.15, -0.1) is 0 Å². The topological polar surface area (TPSA) is 59.6 Å². The molecule has 0 heterocycles. The number of carbonyl (C=O) groups is 1. The van der Waals surface area contributed by atoms with Crippen LogP contribution in [0.3, 0.4) is 0 Å². The fraction of sp³-hybridized carbons (Fsp3) is 0.0909. The highest BCUT2D eigenvalue weighted by Crippen LogP contribution is 2.18. The van der Waals surface area contributed by atoms with Crippen molar-refractivity contribution in [2.24, 2.45) is 0 Å². The van der Waals surface area contributed by atoms with E-state index in [2.05, 4.69) is 26.6 Å². The number of nitrogens with one attached hydrogen (secondary N) is 2. The Morgan fingerprint density at radius 3 is 2.28 bits per heavy atom. The first-order valence-corrected chi connectivity index (χ1v) is 10.1. The van der Waals surface area contributed by atoms with Crippen LogP contribution in [0.25, 0.3) is 0 Å². The van der Waals surface area contributed by atoms with Crippen LogP contribution in [0.4, 0.5) is 5.69 Å². The average molecular weight is 471 g/mol. The predicted octanol–water partition coefficient (Wildman–Crippen LogP) is 5.03. The number of para-hydroxylation sites is 1. The molecular weight excluding hydrogens is 452 g/mol. The van der Waals surface area contributed by atoms with Gasteiger partial charge in [0.2, 0.25) is 0 Å². The number of hydrogen-bond donors (Lipinski definition) is 2. The molecule has 0 radical (unpaired) electrons. The Morgan fingerprint density at radius 2 is 1.52 bits per heavy atom. The number of thiocarbonyl (C=S) groups is 1. The molecule has 0 saturated carbocycles. The van der Waals surface area contributed by atoms with Crippen molar-refractivity contribution in [1.82, 2.24) is 5.32 Å². The van der Waals surface area contributed by atoms with Crippen LogP contribution in [-0.4, -0.2) is 24.2 Å². The van der Waals surface area contributed by atoms with Gasteiger partial charge in [0.05, 0.1) is 5.56 Å². The first-order valence-electron chi connectivity index (χ1n) is 8.89. The molecule has 0 bridgehead atoms. The van der Waals surface area contributed by atoms with Crippen molar-refractivity contribution in [2.75, 3.05) is 18.5 Å². The zero-order chi connectivity index (χ0) is 20.5. The van der Waals surface area contributed by atoms with E-state index >= 15 is 0 Å². The lowest BCUT2D eigenvalue weighted by atomic mass is 10.2. The number of hydrogen-bond acceptors (Lipinski definition) is 4. The Morgan fingerprint density at radius 1 is 0.862 bits per heavy atom. The minimum atomic E-state index is -0.291. The van der Waals surface area contributed by atoms with Crippen LogP contribution < -0.4 is 20.1 Å². The molecule has 0 saturated heterocycles. The molecule has 29 heavy (non-hydrogen) atoms. The number of carbonyl (C=O) groups excluding carboxylic acids is 1. The van der Waals surface area contributed by atoms with Gasteiger partial charge in [-0.05, 0) is 64.5 Å². The molecular formula is C22H19BrN2O3S. The lowest BCUT2D eigenvalue weighted by molar-refractivity contribution is 0.0977. The van der Waals surface area contributed by atoms with Gasteiger partial charge < -0.3 is 14.8 Å². The predicted molar refractivity (Wildman–Crippen MR) is 122 cm³/mol. The highest BCUT2D eigenvalue weighted by Gasteiger charge is 2.11. The minimum Gasteiger partial charge on any atom is -0.490 e. The van der Waals surface area contributed by atoms with Gasteiger partial charge in [-0.2, -0.15) is 0 Å². The molecule has 0 atom stereocenters. The second-order valence-electron chi connectivity index (χ2n) is 5.93. The van der Waals surface area contributed by atoms with E-state index in [4.69, 9.17) is 21.7 Å². The van der Waals surface area contributed by atoms with Crippen molar-refractivity contribution in [3.63, 3.8) is 0 Å². The summed E-state index contributed by atoms with van der Waals surface area (Å²) in [5, 5.41) is 5.86. The summed E-state index contributed by atoms with van der Waals surface area (Å²) in [6, 6.07) is 24.0. The molecule has 1 amide bonds. The van der Waals surface area contributed by atoms with E-state index in [9.17, 15) is 4.79 Å². The van der Waals surface area contributed by atoms with Gasteiger partial charge in [0, 0.05) is 16.2 Å². The van der Waals surface area contributed by atoms with Crippen molar-refractivity contribution in [3.8, 4) is 11.5 Å². The number of anilines is 1. The van der Waals surface area contributed by atoms with Crippen molar-refractivity contribution < 1.29 is 14.3 Å². The summed E-state index contributed by atoms with van der Waals surface area (Å²) in [5.41, 5.74) is 1.22. The maximum absolute atomic E-state index is 12.3. The van der Waals surface area contributed by atoms with E-state index < -0.39 is 0 Å². The lowest BCUT2D eigenvalue weighted by Gasteiger charge is -2.12. The zero-order valence-corrected chi connectivity index (χ0v) is 17.8. The second-order valence-corrected chi connectivity index (χ2v) is 7.19. The largest absolute Gasteiger partial charge is 0.490 e. The molecule has 0 aliphatic heterocycles. The van der Waals surface area contributed by atoms with E-state index in [1.54, 1.807) is 24.3 Å². The van der Waals surface area contributed by atoms with Crippen molar-refractivity contribution in [2.45, 2.75) is 0 Å². The molecule has 148 valence electrons. The Hall–Kier alpha value is -2.90. The average Bonchev–Trinajstić information content (AvgIpc) is 2.72.